The summed E-state index contributed by atoms with van der Waals surface area (Å²) in [6, 6.07) is 0. The standard InChI is InChI=1S/C32H46O9/c1-5-26-18(2)11-12-31(41-26)15-24-14-23(40-31)10-9-21(16-33)27(34)19(3)7-6-8-22-17-38-29-28(35)20(4)13-25(30(36)39-24)32(22,29)37/h6-9,13,18-19,23-29,33-35,37H,5,10-12,14-17H2,1-4H3/b7-6+,21-9+,22-8+/t18-,19-,23+,24-,25-,26+,27+,28+,29+,31+,32+/m0/s1. The molecule has 9 heteroatoms. The number of aliphatic hydroxyl groups is 4. The molecule has 5 rings (SSSR count). The zero-order chi connectivity index (χ0) is 29.5. The van der Waals surface area contributed by atoms with Gasteiger partial charge < -0.3 is 39.4 Å². The Labute approximate surface area is 242 Å². The molecule has 1 aliphatic carbocycles. The summed E-state index contributed by atoms with van der Waals surface area (Å²) in [5.74, 6) is -2.52. The number of rotatable bonds is 2. The van der Waals surface area contributed by atoms with Crippen molar-refractivity contribution < 1.29 is 44.2 Å². The monoisotopic (exact) mass is 574 g/mol. The predicted octanol–water partition coefficient (Wildman–Crippen LogP) is 2.87. The van der Waals surface area contributed by atoms with Crippen LogP contribution in [0.1, 0.15) is 66.2 Å². The number of allylic oxidation sites excluding steroid dienone is 2. The van der Waals surface area contributed by atoms with Crippen LogP contribution in [0.5, 0.6) is 0 Å². The van der Waals surface area contributed by atoms with E-state index in [1.165, 1.54) is 0 Å². The van der Waals surface area contributed by atoms with Crippen LogP contribution >= 0.6 is 0 Å². The highest BCUT2D eigenvalue weighted by atomic mass is 16.7. The van der Waals surface area contributed by atoms with Crippen molar-refractivity contribution in [1.82, 2.24) is 0 Å². The van der Waals surface area contributed by atoms with Gasteiger partial charge in [0.25, 0.3) is 0 Å². The van der Waals surface area contributed by atoms with Crippen molar-refractivity contribution >= 4 is 5.97 Å². The largest absolute Gasteiger partial charge is 0.462 e. The molecule has 0 aromatic rings. The van der Waals surface area contributed by atoms with Crippen molar-refractivity contribution in [2.24, 2.45) is 17.8 Å². The maximum atomic E-state index is 13.9. The number of carbonyl (C=O) groups is 1. The summed E-state index contributed by atoms with van der Waals surface area (Å²) in [5, 5.41) is 44.0. The molecule has 5 aliphatic rings. The van der Waals surface area contributed by atoms with E-state index in [4.69, 9.17) is 18.9 Å². The van der Waals surface area contributed by atoms with Gasteiger partial charge in [-0.05, 0) is 48.8 Å². The van der Waals surface area contributed by atoms with Crippen LogP contribution in [-0.2, 0) is 23.7 Å². The van der Waals surface area contributed by atoms with E-state index in [0.29, 0.717) is 48.3 Å². The molecule has 9 nitrogen and oxygen atoms in total. The first-order valence-corrected chi connectivity index (χ1v) is 15.1. The van der Waals surface area contributed by atoms with E-state index >= 15 is 0 Å². The molecule has 0 radical (unpaired) electrons. The zero-order valence-corrected chi connectivity index (χ0v) is 24.6. The average molecular weight is 575 g/mol. The molecule has 0 saturated carbocycles. The average Bonchev–Trinajstić information content (AvgIpc) is 3.28. The first kappa shape index (κ1) is 30.6. The Balaban J connectivity index is 1.54. The summed E-state index contributed by atoms with van der Waals surface area (Å²) in [6.07, 6.45) is 8.31. The quantitative estimate of drug-likeness (QED) is 0.290. The van der Waals surface area contributed by atoms with Gasteiger partial charge in [0.1, 0.15) is 29.8 Å². The molecule has 4 aliphatic heterocycles. The smallest absolute Gasteiger partial charge is 0.316 e. The van der Waals surface area contributed by atoms with Gasteiger partial charge in [-0.2, -0.15) is 0 Å². The summed E-state index contributed by atoms with van der Waals surface area (Å²) >= 11 is 0. The topological polar surface area (TPSA) is 135 Å². The molecular weight excluding hydrogens is 528 g/mol. The van der Waals surface area contributed by atoms with Gasteiger partial charge in [0.15, 0.2) is 5.79 Å². The van der Waals surface area contributed by atoms with Crippen molar-refractivity contribution in [2.75, 3.05) is 13.2 Å². The van der Waals surface area contributed by atoms with Crippen LogP contribution in [0.15, 0.2) is 47.1 Å². The zero-order valence-electron chi connectivity index (χ0n) is 24.6. The summed E-state index contributed by atoms with van der Waals surface area (Å²) in [7, 11) is 0. The predicted molar refractivity (Wildman–Crippen MR) is 150 cm³/mol. The molecule has 4 heterocycles. The van der Waals surface area contributed by atoms with Crippen LogP contribution in [0, 0.1) is 17.8 Å². The number of esters is 1. The van der Waals surface area contributed by atoms with E-state index in [1.54, 1.807) is 31.2 Å². The summed E-state index contributed by atoms with van der Waals surface area (Å²) in [6.45, 7) is 7.57. The molecule has 3 fully saturated rings. The lowest BCUT2D eigenvalue weighted by atomic mass is 9.71. The fourth-order valence-electron chi connectivity index (χ4n) is 7.22. The number of fused-ring (bicyclic) bond motifs is 2. The fourth-order valence-corrected chi connectivity index (χ4v) is 7.22. The second-order valence-electron chi connectivity index (χ2n) is 12.7. The van der Waals surface area contributed by atoms with Gasteiger partial charge in [-0.1, -0.05) is 51.2 Å². The fraction of sp³-hybridized carbons (Fsp3) is 0.719. The summed E-state index contributed by atoms with van der Waals surface area (Å²) < 4.78 is 25.2. The highest BCUT2D eigenvalue weighted by Crippen LogP contribution is 2.47. The molecule has 11 atom stereocenters. The molecular formula is C32H46O9. The lowest BCUT2D eigenvalue weighted by Gasteiger charge is -2.50. The Bertz CT molecular complexity index is 1110. The Hall–Kier alpha value is -1.85. The minimum Gasteiger partial charge on any atom is -0.462 e. The van der Waals surface area contributed by atoms with Gasteiger partial charge in [0.05, 0.1) is 31.5 Å². The molecule has 0 aromatic carbocycles. The third kappa shape index (κ3) is 5.75. The molecule has 3 saturated heterocycles. The van der Waals surface area contributed by atoms with Crippen LogP contribution in [-0.4, -0.2) is 87.6 Å². The Morgan fingerprint density at radius 3 is 2.63 bits per heavy atom. The maximum Gasteiger partial charge on any atom is 0.316 e. The highest BCUT2D eigenvalue weighted by molar-refractivity contribution is 5.78. The Kier molecular flexibility index (Phi) is 8.98. The van der Waals surface area contributed by atoms with E-state index in [-0.39, 0.29) is 31.3 Å². The summed E-state index contributed by atoms with van der Waals surface area (Å²) in [4.78, 5) is 13.9. The van der Waals surface area contributed by atoms with Crippen LogP contribution in [0.2, 0.25) is 0 Å². The van der Waals surface area contributed by atoms with Crippen LogP contribution < -0.4 is 0 Å². The molecule has 0 unspecified atom stereocenters. The number of carbonyl (C=O) groups excluding carboxylic acids is 1. The minimum atomic E-state index is -1.79. The van der Waals surface area contributed by atoms with Gasteiger partial charge in [-0.15, -0.1) is 0 Å². The molecule has 2 bridgehead atoms. The highest BCUT2D eigenvalue weighted by Gasteiger charge is 2.60. The van der Waals surface area contributed by atoms with E-state index in [1.807, 2.05) is 13.0 Å². The Morgan fingerprint density at radius 1 is 1.12 bits per heavy atom. The third-order valence-corrected chi connectivity index (χ3v) is 9.81. The SMILES string of the molecule is CC[C@H]1O[C@]2(CC[C@@H]1C)C[C@@H]1C[C@@H](C/C=C(\CO)[C@H](O)[C@@H](C)/C=C/C=C3\CO[C@@H]4[C@H](O)C(C)=C[C@@H](C(=O)O1)[C@]34O)O2. The number of hydrogen-bond acceptors (Lipinski definition) is 9. The van der Waals surface area contributed by atoms with Gasteiger partial charge in [0, 0.05) is 25.2 Å². The maximum absolute atomic E-state index is 13.9. The van der Waals surface area contributed by atoms with Gasteiger partial charge in [-0.3, -0.25) is 4.79 Å². The molecule has 0 amide bonds. The van der Waals surface area contributed by atoms with Crippen LogP contribution in [0.25, 0.3) is 0 Å². The van der Waals surface area contributed by atoms with Crippen molar-refractivity contribution in [3.63, 3.8) is 0 Å². The molecule has 228 valence electrons. The second-order valence-corrected chi connectivity index (χ2v) is 12.7. The Morgan fingerprint density at radius 2 is 1.90 bits per heavy atom. The third-order valence-electron chi connectivity index (χ3n) is 9.81. The van der Waals surface area contributed by atoms with E-state index in [9.17, 15) is 25.2 Å². The lowest BCUT2D eigenvalue weighted by Crippen LogP contribution is -2.58. The number of aliphatic hydroxyl groups excluding tert-OH is 3. The minimum absolute atomic E-state index is 0.0185. The molecule has 41 heavy (non-hydrogen) atoms. The van der Waals surface area contributed by atoms with E-state index in [2.05, 4.69) is 13.8 Å². The lowest BCUT2D eigenvalue weighted by molar-refractivity contribution is -0.335. The molecule has 1 spiro atoms. The summed E-state index contributed by atoms with van der Waals surface area (Å²) in [5.41, 5.74) is -0.306. The first-order valence-electron chi connectivity index (χ1n) is 15.1. The number of ether oxygens (including phenoxy) is 4. The van der Waals surface area contributed by atoms with Gasteiger partial charge in [-0.25, -0.2) is 0 Å². The molecule has 0 aromatic heterocycles. The van der Waals surface area contributed by atoms with E-state index in [0.717, 1.165) is 12.8 Å². The van der Waals surface area contributed by atoms with Crippen molar-refractivity contribution in [2.45, 2.75) is 114 Å². The van der Waals surface area contributed by atoms with Crippen molar-refractivity contribution in [3.05, 3.63) is 47.1 Å². The normalized spacial score (nSPS) is 48.7. The molecule has 4 N–H and O–H groups in total. The van der Waals surface area contributed by atoms with Crippen LogP contribution in [0.4, 0.5) is 0 Å². The second kappa shape index (κ2) is 12.0. The van der Waals surface area contributed by atoms with Crippen molar-refractivity contribution in [1.29, 1.82) is 0 Å². The van der Waals surface area contributed by atoms with Gasteiger partial charge in [0.2, 0.25) is 0 Å². The van der Waals surface area contributed by atoms with Gasteiger partial charge >= 0.3 is 5.97 Å². The first-order chi connectivity index (χ1) is 19.5. The van der Waals surface area contributed by atoms with Crippen molar-refractivity contribution in [3.8, 4) is 0 Å². The van der Waals surface area contributed by atoms with E-state index < -0.39 is 47.7 Å². The van der Waals surface area contributed by atoms with Crippen LogP contribution in [0.3, 0.4) is 0 Å². The number of hydrogen-bond donors (Lipinski definition) is 4.